The van der Waals surface area contributed by atoms with Crippen LogP contribution in [-0.4, -0.2) is 28.4 Å². The molecule has 0 aliphatic heterocycles. The van der Waals surface area contributed by atoms with Gasteiger partial charge in [0, 0.05) is 11.3 Å². The number of hydrogen-bond donors (Lipinski definition) is 2. The monoisotopic (exact) mass is 288 g/mol. The van der Waals surface area contributed by atoms with Crippen LogP contribution in [0.5, 0.6) is 0 Å². The number of hydrogen-bond acceptors (Lipinski definition) is 3. The molecule has 0 saturated heterocycles. The molecule has 3 unspecified atom stereocenters. The Kier molecular flexibility index (Phi) is 5.92. The maximum absolute atomic E-state index is 12.3. The molecular weight excluding hydrogens is 264 g/mol. The molecule has 5 heteroatoms. The van der Waals surface area contributed by atoms with Gasteiger partial charge in [-0.1, -0.05) is 25.6 Å². The van der Waals surface area contributed by atoms with E-state index in [9.17, 15) is 4.79 Å². The number of thiocarbonyl (C=S) groups is 1. The molecule has 0 aromatic heterocycles. The molecule has 1 fully saturated rings. The first kappa shape index (κ1) is 15.8. The zero-order valence-electron chi connectivity index (χ0n) is 11.5. The van der Waals surface area contributed by atoms with E-state index in [0.29, 0.717) is 16.7 Å². The van der Waals surface area contributed by atoms with E-state index >= 15 is 0 Å². The van der Waals surface area contributed by atoms with Crippen LogP contribution in [0.3, 0.4) is 0 Å². The van der Waals surface area contributed by atoms with Crippen LogP contribution in [0.15, 0.2) is 0 Å². The average molecular weight is 288 g/mol. The van der Waals surface area contributed by atoms with Crippen molar-refractivity contribution in [3.05, 3.63) is 0 Å². The topological polar surface area (TPSA) is 55.1 Å². The van der Waals surface area contributed by atoms with Crippen LogP contribution in [-0.2, 0) is 4.79 Å². The van der Waals surface area contributed by atoms with Gasteiger partial charge in [-0.15, -0.1) is 0 Å². The van der Waals surface area contributed by atoms with E-state index in [0.717, 1.165) is 12.8 Å². The summed E-state index contributed by atoms with van der Waals surface area (Å²) in [5.74, 6) is -0.00995. The molecule has 104 valence electrons. The van der Waals surface area contributed by atoms with Gasteiger partial charge in [0.05, 0.1) is 10.4 Å². The quantitative estimate of drug-likeness (QED) is 0.763. The molecule has 3 N–H and O–H groups in total. The second kappa shape index (κ2) is 6.75. The van der Waals surface area contributed by atoms with Gasteiger partial charge in [-0.25, -0.2) is 0 Å². The highest BCUT2D eigenvalue weighted by Crippen LogP contribution is 2.28. The largest absolute Gasteiger partial charge is 0.392 e. The van der Waals surface area contributed by atoms with Gasteiger partial charge < -0.3 is 11.1 Å². The van der Waals surface area contributed by atoms with Crippen LogP contribution in [0.1, 0.15) is 46.0 Å². The minimum absolute atomic E-state index is 0.00995. The molecule has 18 heavy (non-hydrogen) atoms. The van der Waals surface area contributed by atoms with Gasteiger partial charge >= 0.3 is 0 Å². The number of amides is 1. The lowest BCUT2D eigenvalue weighted by Gasteiger charge is -2.32. The van der Waals surface area contributed by atoms with Gasteiger partial charge in [-0.3, -0.25) is 4.79 Å². The zero-order valence-corrected chi connectivity index (χ0v) is 13.1. The summed E-state index contributed by atoms with van der Waals surface area (Å²) in [5, 5.41) is 3.80. The molecule has 0 aromatic rings. The Morgan fingerprint density at radius 1 is 1.56 bits per heavy atom. The highest BCUT2D eigenvalue weighted by atomic mass is 32.2. The van der Waals surface area contributed by atoms with Crippen LogP contribution in [0, 0.1) is 5.41 Å². The summed E-state index contributed by atoms with van der Waals surface area (Å²) in [7, 11) is 0. The maximum Gasteiger partial charge on any atom is 0.232 e. The lowest BCUT2D eigenvalue weighted by atomic mass is 9.85. The first-order chi connectivity index (χ1) is 8.43. The molecule has 1 rings (SSSR count). The molecule has 0 aromatic carbocycles. The summed E-state index contributed by atoms with van der Waals surface area (Å²) < 4.78 is 0. The average Bonchev–Trinajstić information content (AvgIpc) is 2.37. The van der Waals surface area contributed by atoms with E-state index in [2.05, 4.69) is 11.6 Å². The van der Waals surface area contributed by atoms with Crippen molar-refractivity contribution in [1.29, 1.82) is 0 Å². The molecule has 1 amide bonds. The van der Waals surface area contributed by atoms with E-state index in [1.165, 1.54) is 12.8 Å². The van der Waals surface area contributed by atoms with Crippen molar-refractivity contribution in [1.82, 2.24) is 5.32 Å². The third-order valence-corrected chi connectivity index (χ3v) is 5.59. The Bertz CT molecular complexity index is 322. The zero-order chi connectivity index (χ0) is 13.8. The minimum atomic E-state index is -0.707. The van der Waals surface area contributed by atoms with Gasteiger partial charge in [0.2, 0.25) is 5.91 Å². The Labute approximate surface area is 120 Å². The first-order valence-corrected chi connectivity index (χ1v) is 8.27. The summed E-state index contributed by atoms with van der Waals surface area (Å²) in [6, 6.07) is 0.281. The van der Waals surface area contributed by atoms with Crippen LogP contribution in [0.2, 0.25) is 0 Å². The Morgan fingerprint density at radius 3 is 2.72 bits per heavy atom. The highest BCUT2D eigenvalue weighted by Gasteiger charge is 2.36. The highest BCUT2D eigenvalue weighted by molar-refractivity contribution is 7.99. The number of rotatable bonds is 5. The molecular formula is C13H24N2OS2. The van der Waals surface area contributed by atoms with Crippen molar-refractivity contribution in [2.45, 2.75) is 57.2 Å². The molecule has 1 aliphatic rings. The van der Waals surface area contributed by atoms with Crippen LogP contribution < -0.4 is 11.1 Å². The van der Waals surface area contributed by atoms with Crippen molar-refractivity contribution >= 4 is 34.9 Å². The summed E-state index contributed by atoms with van der Waals surface area (Å²) >= 11 is 6.93. The third kappa shape index (κ3) is 3.60. The van der Waals surface area contributed by atoms with Crippen molar-refractivity contribution in [3.8, 4) is 0 Å². The molecule has 3 atom stereocenters. The molecule has 1 saturated carbocycles. The van der Waals surface area contributed by atoms with E-state index in [1.54, 1.807) is 0 Å². The fourth-order valence-corrected chi connectivity index (χ4v) is 3.35. The fourth-order valence-electron chi connectivity index (χ4n) is 2.28. The fraction of sp³-hybridized carbons (Fsp3) is 0.846. The van der Waals surface area contributed by atoms with Gasteiger partial charge in [-0.05, 0) is 38.9 Å². The van der Waals surface area contributed by atoms with Crippen LogP contribution >= 0.6 is 24.0 Å². The lowest BCUT2D eigenvalue weighted by molar-refractivity contribution is -0.127. The molecule has 0 heterocycles. The number of carbonyl (C=O) groups excluding carboxylic acids is 1. The van der Waals surface area contributed by atoms with Crippen molar-refractivity contribution in [2.75, 3.05) is 6.26 Å². The van der Waals surface area contributed by atoms with Crippen molar-refractivity contribution in [3.63, 3.8) is 0 Å². The Morgan fingerprint density at radius 2 is 2.22 bits per heavy atom. The Hall–Kier alpha value is -0.290. The summed E-state index contributed by atoms with van der Waals surface area (Å²) in [5.41, 5.74) is 5.00. The smallest absolute Gasteiger partial charge is 0.232 e. The van der Waals surface area contributed by atoms with Gasteiger partial charge in [0.25, 0.3) is 0 Å². The van der Waals surface area contributed by atoms with Gasteiger partial charge in [-0.2, -0.15) is 11.8 Å². The first-order valence-electron chi connectivity index (χ1n) is 6.57. The standard InChI is InChI=1S/C13H24N2OS2/c1-4-13(2,11(14)17)12(16)15-9-6-5-7-10(8-9)18-3/h9-10H,4-8H2,1-3H3,(H2,14,17)(H,15,16). The minimum Gasteiger partial charge on any atom is -0.392 e. The predicted molar refractivity (Wildman–Crippen MR) is 82.9 cm³/mol. The molecule has 1 aliphatic carbocycles. The maximum atomic E-state index is 12.3. The number of thioether (sulfide) groups is 1. The van der Waals surface area contributed by atoms with E-state index in [4.69, 9.17) is 18.0 Å². The number of carbonyl (C=O) groups is 1. The number of nitrogens with two attached hydrogens (primary N) is 1. The summed E-state index contributed by atoms with van der Waals surface area (Å²) in [4.78, 5) is 12.6. The van der Waals surface area contributed by atoms with Crippen molar-refractivity contribution in [2.24, 2.45) is 11.1 Å². The van der Waals surface area contributed by atoms with E-state index in [1.807, 2.05) is 25.6 Å². The number of nitrogens with one attached hydrogen (secondary N) is 1. The lowest BCUT2D eigenvalue weighted by Crippen LogP contribution is -2.50. The van der Waals surface area contributed by atoms with E-state index < -0.39 is 5.41 Å². The molecule has 0 radical (unpaired) electrons. The third-order valence-electron chi connectivity index (χ3n) is 4.05. The molecule has 3 nitrogen and oxygen atoms in total. The van der Waals surface area contributed by atoms with Gasteiger partial charge in [0.1, 0.15) is 0 Å². The normalized spacial score (nSPS) is 27.3. The van der Waals surface area contributed by atoms with Crippen LogP contribution in [0.25, 0.3) is 0 Å². The van der Waals surface area contributed by atoms with Crippen molar-refractivity contribution < 1.29 is 4.79 Å². The second-order valence-corrected chi connectivity index (χ2v) is 6.82. The van der Waals surface area contributed by atoms with E-state index in [-0.39, 0.29) is 11.9 Å². The summed E-state index contributed by atoms with van der Waals surface area (Å²) in [6.07, 6.45) is 7.36. The Balaban J connectivity index is 2.61. The predicted octanol–water partition coefficient (Wildman–Crippen LogP) is 2.48. The SMILES string of the molecule is CCC(C)(C(=O)NC1CCCC(SC)C1)C(N)=S. The van der Waals surface area contributed by atoms with Gasteiger partial charge in [0.15, 0.2) is 0 Å². The summed E-state index contributed by atoms with van der Waals surface area (Å²) in [6.45, 7) is 3.78. The van der Waals surface area contributed by atoms with Crippen LogP contribution in [0.4, 0.5) is 0 Å². The molecule has 0 spiro atoms. The second-order valence-electron chi connectivity index (χ2n) is 5.24. The molecule has 0 bridgehead atoms.